The van der Waals surface area contributed by atoms with Gasteiger partial charge in [-0.25, -0.2) is 9.59 Å². The highest BCUT2D eigenvalue weighted by molar-refractivity contribution is 6.84. The second-order valence-corrected chi connectivity index (χ2v) is 13.9. The van der Waals surface area contributed by atoms with E-state index in [2.05, 4.69) is 36.4 Å². The average Bonchev–Trinajstić information content (AvgIpc) is 3.09. The minimum Gasteiger partial charge on any atom is -0.466 e. The summed E-state index contributed by atoms with van der Waals surface area (Å²) in [6.45, 7) is 12.3. The number of nitrogens with one attached hydrogen (secondary N) is 1. The van der Waals surface area contributed by atoms with E-state index in [1.54, 1.807) is 0 Å². The van der Waals surface area contributed by atoms with Crippen LogP contribution in [0.4, 0.5) is 4.79 Å². The molecule has 1 aromatic rings. The van der Waals surface area contributed by atoms with Crippen LogP contribution in [0.5, 0.6) is 11.5 Å². The number of hydrogen-bond acceptors (Lipinski definition) is 6. The predicted molar refractivity (Wildman–Crippen MR) is 122 cm³/mol. The molecule has 1 aliphatic rings. The summed E-state index contributed by atoms with van der Waals surface area (Å²) in [6.07, 6.45) is 1.38. The summed E-state index contributed by atoms with van der Waals surface area (Å²) in [7, 11) is -0.372. The monoisotopic (exact) mass is 445 g/mol. The molecule has 7 nitrogen and oxygen atoms in total. The number of methoxy groups -OCH3 is 1. The highest BCUT2D eigenvalue weighted by atomic mass is 28.3. The Morgan fingerprint density at radius 3 is 2.42 bits per heavy atom. The maximum absolute atomic E-state index is 12.0. The van der Waals surface area contributed by atoms with E-state index < -0.39 is 25.7 Å². The minimum atomic E-state index is -1.70. The van der Waals surface area contributed by atoms with Crippen LogP contribution in [-0.4, -0.2) is 46.2 Å². The Hall–Kier alpha value is -2.92. The van der Waals surface area contributed by atoms with Crippen LogP contribution in [0.25, 0.3) is 5.57 Å². The number of hydrogen-bond donors (Lipinski definition) is 1. The first-order valence-electron chi connectivity index (χ1n) is 10.1. The van der Waals surface area contributed by atoms with Crippen molar-refractivity contribution in [2.75, 3.05) is 20.4 Å². The van der Waals surface area contributed by atoms with Gasteiger partial charge in [0.2, 0.25) is 6.79 Å². The van der Waals surface area contributed by atoms with Gasteiger partial charge in [0.25, 0.3) is 0 Å². The fourth-order valence-corrected chi connectivity index (χ4v) is 3.18. The van der Waals surface area contributed by atoms with E-state index in [-0.39, 0.29) is 6.79 Å². The van der Waals surface area contributed by atoms with Crippen molar-refractivity contribution in [1.82, 2.24) is 5.32 Å². The van der Waals surface area contributed by atoms with Gasteiger partial charge in [-0.15, -0.1) is 5.54 Å². The Kier molecular flexibility index (Phi) is 7.79. The van der Waals surface area contributed by atoms with E-state index in [4.69, 9.17) is 18.9 Å². The Morgan fingerprint density at radius 2 is 1.84 bits per heavy atom. The van der Waals surface area contributed by atoms with E-state index in [0.717, 1.165) is 11.1 Å². The number of carbonyl (C=O) groups is 2. The fourth-order valence-electron chi connectivity index (χ4n) is 2.67. The normalized spacial score (nSPS) is 13.2. The largest absolute Gasteiger partial charge is 0.466 e. The number of allylic oxidation sites excluding steroid dienone is 1. The molecule has 1 heterocycles. The number of ether oxygens (including phenoxy) is 4. The molecule has 1 aromatic carbocycles. The smallest absolute Gasteiger partial charge is 0.407 e. The van der Waals surface area contributed by atoms with Gasteiger partial charge in [-0.2, -0.15) is 0 Å². The summed E-state index contributed by atoms with van der Waals surface area (Å²) in [6, 6.07) is 3.68. The van der Waals surface area contributed by atoms with Crippen LogP contribution in [0.2, 0.25) is 19.6 Å². The van der Waals surface area contributed by atoms with Gasteiger partial charge in [-0.1, -0.05) is 25.6 Å². The Balaban J connectivity index is 2.37. The van der Waals surface area contributed by atoms with Gasteiger partial charge in [0.15, 0.2) is 11.5 Å². The number of alkyl carbamates (subject to hydrolysis) is 1. The molecule has 0 aliphatic carbocycles. The van der Waals surface area contributed by atoms with Gasteiger partial charge in [0.1, 0.15) is 13.7 Å². The van der Waals surface area contributed by atoms with Gasteiger partial charge < -0.3 is 24.3 Å². The molecule has 0 spiro atoms. The van der Waals surface area contributed by atoms with Crippen LogP contribution in [0.15, 0.2) is 18.2 Å². The Bertz CT molecular complexity index is 928. The van der Waals surface area contributed by atoms with Crippen molar-refractivity contribution in [2.24, 2.45) is 0 Å². The van der Waals surface area contributed by atoms with Crippen LogP contribution >= 0.6 is 0 Å². The molecule has 0 saturated heterocycles. The van der Waals surface area contributed by atoms with Crippen molar-refractivity contribution in [3.05, 3.63) is 29.3 Å². The second kappa shape index (κ2) is 9.92. The summed E-state index contributed by atoms with van der Waals surface area (Å²) in [4.78, 5) is 24.0. The quantitative estimate of drug-likeness (QED) is 0.320. The number of carbonyl (C=O) groups excluding carboxylic acids is 2. The third kappa shape index (κ3) is 8.02. The molecule has 1 amide bonds. The summed E-state index contributed by atoms with van der Waals surface area (Å²) >= 11 is 0. The zero-order valence-electron chi connectivity index (χ0n) is 19.3. The van der Waals surface area contributed by atoms with E-state index in [0.29, 0.717) is 30.0 Å². The van der Waals surface area contributed by atoms with Gasteiger partial charge in [0, 0.05) is 18.2 Å². The summed E-state index contributed by atoms with van der Waals surface area (Å²) < 4.78 is 21.1. The number of benzene rings is 1. The predicted octanol–water partition coefficient (Wildman–Crippen LogP) is 3.92. The SMILES string of the molecule is COC(=O)/C=C(\C#C[Si](C)(C)C)c1cc2c(cc1CCNC(=O)OC(C)(C)C)OCO2. The molecular weight excluding hydrogens is 414 g/mol. The third-order valence-electron chi connectivity index (χ3n) is 3.99. The molecular formula is C23H31NO6Si. The molecule has 168 valence electrons. The van der Waals surface area contributed by atoms with Gasteiger partial charge in [-0.05, 0) is 50.5 Å². The number of rotatable bonds is 5. The summed E-state index contributed by atoms with van der Waals surface area (Å²) in [5.74, 6) is 3.88. The average molecular weight is 446 g/mol. The number of esters is 1. The van der Waals surface area contributed by atoms with Crippen molar-refractivity contribution >= 4 is 25.7 Å². The molecule has 31 heavy (non-hydrogen) atoms. The molecule has 0 unspecified atom stereocenters. The Labute approximate surface area is 185 Å². The minimum absolute atomic E-state index is 0.130. The van der Waals surface area contributed by atoms with Gasteiger partial charge in [0.05, 0.1) is 7.11 Å². The molecule has 1 N–H and O–H groups in total. The van der Waals surface area contributed by atoms with Crippen molar-refractivity contribution in [3.63, 3.8) is 0 Å². The van der Waals surface area contributed by atoms with Crippen LogP contribution in [0, 0.1) is 11.5 Å². The van der Waals surface area contributed by atoms with Crippen molar-refractivity contribution < 1.29 is 28.5 Å². The standard InChI is InChI=1S/C23H31NO6Si/c1-23(2,3)30-22(26)24-10-8-16-12-19-20(29-15-28-19)14-18(16)17(13-21(25)27-4)9-11-31(5,6)7/h12-14H,8,10,15H2,1-7H3,(H,24,26)/b17-13+. The second-order valence-electron chi connectivity index (χ2n) is 9.12. The van der Waals surface area contributed by atoms with E-state index >= 15 is 0 Å². The van der Waals surface area contributed by atoms with Crippen LogP contribution in [0.1, 0.15) is 31.9 Å². The lowest BCUT2D eigenvalue weighted by Gasteiger charge is -2.20. The molecule has 8 heteroatoms. The van der Waals surface area contributed by atoms with Crippen molar-refractivity contribution in [3.8, 4) is 23.0 Å². The highest BCUT2D eigenvalue weighted by Crippen LogP contribution is 2.37. The molecule has 2 rings (SSSR count). The number of amides is 1. The summed E-state index contributed by atoms with van der Waals surface area (Å²) in [5.41, 5.74) is 4.87. The molecule has 0 radical (unpaired) electrons. The maximum atomic E-state index is 12.0. The molecule has 1 aliphatic heterocycles. The first-order valence-corrected chi connectivity index (χ1v) is 13.6. The van der Waals surface area contributed by atoms with E-state index in [9.17, 15) is 9.59 Å². The zero-order chi connectivity index (χ0) is 23.2. The molecule has 0 saturated carbocycles. The lowest BCUT2D eigenvalue weighted by molar-refractivity contribution is -0.134. The van der Waals surface area contributed by atoms with Crippen LogP contribution in [0.3, 0.4) is 0 Å². The lowest BCUT2D eigenvalue weighted by Crippen LogP contribution is -2.33. The first kappa shape index (κ1) is 24.3. The van der Waals surface area contributed by atoms with Crippen molar-refractivity contribution in [1.29, 1.82) is 0 Å². The zero-order valence-corrected chi connectivity index (χ0v) is 20.3. The third-order valence-corrected chi connectivity index (χ3v) is 4.86. The molecule has 0 fully saturated rings. The van der Waals surface area contributed by atoms with Crippen LogP contribution in [-0.2, 0) is 20.7 Å². The maximum Gasteiger partial charge on any atom is 0.407 e. The Morgan fingerprint density at radius 1 is 1.19 bits per heavy atom. The first-order chi connectivity index (χ1) is 14.4. The topological polar surface area (TPSA) is 83.1 Å². The van der Waals surface area contributed by atoms with E-state index in [1.165, 1.54) is 13.2 Å². The lowest BCUT2D eigenvalue weighted by atomic mass is 9.96. The molecule has 0 aromatic heterocycles. The number of fused-ring (bicyclic) bond motifs is 1. The highest BCUT2D eigenvalue weighted by Gasteiger charge is 2.21. The van der Waals surface area contributed by atoms with Crippen molar-refractivity contribution in [2.45, 2.75) is 52.4 Å². The summed E-state index contributed by atoms with van der Waals surface area (Å²) in [5, 5.41) is 2.76. The van der Waals surface area contributed by atoms with E-state index in [1.807, 2.05) is 32.9 Å². The molecule has 0 bridgehead atoms. The molecule has 0 atom stereocenters. The van der Waals surface area contributed by atoms with Gasteiger partial charge in [-0.3, -0.25) is 0 Å². The fraction of sp³-hybridized carbons (Fsp3) is 0.478. The van der Waals surface area contributed by atoms with Crippen LogP contribution < -0.4 is 14.8 Å². The van der Waals surface area contributed by atoms with Gasteiger partial charge >= 0.3 is 12.1 Å².